The van der Waals surface area contributed by atoms with Crippen LogP contribution in [0.1, 0.15) is 25.3 Å². The van der Waals surface area contributed by atoms with Gasteiger partial charge in [0.2, 0.25) is 0 Å². The predicted octanol–water partition coefficient (Wildman–Crippen LogP) is 4.33. The number of rotatable bonds is 7. The number of carbonyl (C=O) groups is 2. The Morgan fingerprint density at radius 3 is 1.97 bits per heavy atom. The molecule has 162 valence electrons. The van der Waals surface area contributed by atoms with Gasteiger partial charge in [-0.05, 0) is 44.2 Å². The van der Waals surface area contributed by atoms with E-state index in [0.29, 0.717) is 17.0 Å². The van der Waals surface area contributed by atoms with Gasteiger partial charge < -0.3 is 19.1 Å². The summed E-state index contributed by atoms with van der Waals surface area (Å²) in [6.07, 6.45) is 3.18. The highest BCUT2D eigenvalue weighted by molar-refractivity contribution is 6.00. The second-order valence-corrected chi connectivity index (χ2v) is 6.67. The number of benzene rings is 2. The number of methoxy groups -OCH3 is 1. The molecule has 7 heteroatoms. The lowest BCUT2D eigenvalue weighted by Gasteiger charge is -2.31. The molecule has 1 heterocycles. The summed E-state index contributed by atoms with van der Waals surface area (Å²) in [6, 6.07) is 12.9. The Morgan fingerprint density at radius 2 is 1.45 bits per heavy atom. The number of esters is 2. The number of hydrogen-bond donors (Lipinski definition) is 0. The van der Waals surface area contributed by atoms with E-state index in [0.717, 1.165) is 0 Å². The molecule has 0 saturated heterocycles. The van der Waals surface area contributed by atoms with Crippen LogP contribution in [0, 0.1) is 5.82 Å². The fraction of sp³-hybridized carbons (Fsp3) is 0.250. The Hall–Kier alpha value is -3.61. The van der Waals surface area contributed by atoms with Crippen LogP contribution in [-0.4, -0.2) is 32.3 Å². The quantitative estimate of drug-likeness (QED) is 0.615. The van der Waals surface area contributed by atoms with Crippen LogP contribution in [0.15, 0.2) is 72.1 Å². The van der Waals surface area contributed by atoms with Crippen LogP contribution in [-0.2, 0) is 19.1 Å². The van der Waals surface area contributed by atoms with Crippen LogP contribution in [0.25, 0.3) is 0 Å². The maximum absolute atomic E-state index is 13.4. The highest BCUT2D eigenvalue weighted by Gasteiger charge is 2.37. The Bertz CT molecular complexity index is 977. The third-order valence-electron chi connectivity index (χ3n) is 4.78. The van der Waals surface area contributed by atoms with E-state index < -0.39 is 23.7 Å². The summed E-state index contributed by atoms with van der Waals surface area (Å²) in [5, 5.41) is 0. The van der Waals surface area contributed by atoms with Crippen molar-refractivity contribution in [1.29, 1.82) is 0 Å². The zero-order valence-corrected chi connectivity index (χ0v) is 17.6. The molecule has 1 aliphatic heterocycles. The minimum Gasteiger partial charge on any atom is -0.496 e. The van der Waals surface area contributed by atoms with Crippen LogP contribution >= 0.6 is 0 Å². The van der Waals surface area contributed by atoms with Gasteiger partial charge in [0.25, 0.3) is 0 Å². The molecule has 0 saturated carbocycles. The van der Waals surface area contributed by atoms with Crippen LogP contribution in [0.4, 0.5) is 10.1 Å². The third kappa shape index (κ3) is 4.77. The van der Waals surface area contributed by atoms with E-state index in [1.807, 2.05) is 0 Å². The summed E-state index contributed by atoms with van der Waals surface area (Å²) in [6.45, 7) is 3.76. The molecule has 0 atom stereocenters. The molecule has 0 amide bonds. The van der Waals surface area contributed by atoms with Crippen molar-refractivity contribution in [1.82, 2.24) is 0 Å². The summed E-state index contributed by atoms with van der Waals surface area (Å²) in [7, 11) is 1.52. The number of ether oxygens (including phenoxy) is 3. The van der Waals surface area contributed by atoms with Crippen LogP contribution in [0.2, 0.25) is 0 Å². The second kappa shape index (κ2) is 9.93. The molecular weight excluding hydrogens is 401 g/mol. The van der Waals surface area contributed by atoms with Gasteiger partial charge in [0.15, 0.2) is 0 Å². The largest absolute Gasteiger partial charge is 0.496 e. The Balaban J connectivity index is 2.20. The van der Waals surface area contributed by atoms with Gasteiger partial charge in [-0.1, -0.05) is 18.2 Å². The summed E-state index contributed by atoms with van der Waals surface area (Å²) < 4.78 is 29.5. The lowest BCUT2D eigenvalue weighted by molar-refractivity contribution is -0.139. The van der Waals surface area contributed by atoms with Crippen molar-refractivity contribution >= 4 is 17.6 Å². The molecule has 0 unspecified atom stereocenters. The normalized spacial score (nSPS) is 13.9. The molecule has 0 fully saturated rings. The number of anilines is 1. The van der Waals surface area contributed by atoms with Gasteiger partial charge in [-0.25, -0.2) is 14.0 Å². The van der Waals surface area contributed by atoms with E-state index >= 15 is 0 Å². The molecule has 0 radical (unpaired) electrons. The summed E-state index contributed by atoms with van der Waals surface area (Å²) in [5.74, 6) is -1.77. The smallest absolute Gasteiger partial charge is 0.336 e. The molecule has 3 rings (SSSR count). The maximum atomic E-state index is 13.4. The number of carbonyl (C=O) groups excluding carboxylic acids is 2. The second-order valence-electron chi connectivity index (χ2n) is 6.67. The van der Waals surface area contributed by atoms with Crippen molar-refractivity contribution in [3.05, 3.63) is 83.5 Å². The van der Waals surface area contributed by atoms with Crippen molar-refractivity contribution in [2.24, 2.45) is 0 Å². The average molecular weight is 425 g/mol. The predicted molar refractivity (Wildman–Crippen MR) is 114 cm³/mol. The van der Waals surface area contributed by atoms with Crippen molar-refractivity contribution in [2.45, 2.75) is 19.8 Å². The zero-order chi connectivity index (χ0) is 22.4. The summed E-state index contributed by atoms with van der Waals surface area (Å²) in [4.78, 5) is 27.5. The fourth-order valence-corrected chi connectivity index (χ4v) is 3.43. The molecule has 2 aromatic rings. The van der Waals surface area contributed by atoms with E-state index in [4.69, 9.17) is 14.2 Å². The van der Waals surface area contributed by atoms with Crippen molar-refractivity contribution in [2.75, 3.05) is 25.2 Å². The first-order valence-electron chi connectivity index (χ1n) is 9.94. The van der Waals surface area contributed by atoms with Gasteiger partial charge in [0, 0.05) is 23.7 Å². The number of para-hydroxylation sites is 1. The molecule has 1 aliphatic rings. The summed E-state index contributed by atoms with van der Waals surface area (Å²) >= 11 is 0. The fourth-order valence-electron chi connectivity index (χ4n) is 3.43. The lowest BCUT2D eigenvalue weighted by Crippen LogP contribution is -2.29. The van der Waals surface area contributed by atoms with Gasteiger partial charge in [-0.2, -0.15) is 0 Å². The van der Waals surface area contributed by atoms with Crippen LogP contribution in [0.3, 0.4) is 0 Å². The molecule has 0 bridgehead atoms. The van der Waals surface area contributed by atoms with Gasteiger partial charge in [0.05, 0.1) is 37.4 Å². The van der Waals surface area contributed by atoms with Gasteiger partial charge >= 0.3 is 11.9 Å². The number of nitrogens with zero attached hydrogens (tertiary/aromatic N) is 1. The number of hydrogen-bond acceptors (Lipinski definition) is 6. The summed E-state index contributed by atoms with van der Waals surface area (Å²) in [5.41, 5.74) is 1.67. The van der Waals surface area contributed by atoms with Gasteiger partial charge in [-0.3, -0.25) is 0 Å². The van der Waals surface area contributed by atoms with Gasteiger partial charge in [0.1, 0.15) is 11.6 Å². The third-order valence-corrected chi connectivity index (χ3v) is 4.78. The molecule has 0 N–H and O–H groups in total. The Morgan fingerprint density at radius 1 is 0.903 bits per heavy atom. The first-order chi connectivity index (χ1) is 15.0. The molecule has 2 aromatic carbocycles. The van der Waals surface area contributed by atoms with Crippen LogP contribution < -0.4 is 9.64 Å². The van der Waals surface area contributed by atoms with Gasteiger partial charge in [-0.15, -0.1) is 0 Å². The minimum atomic E-state index is -0.758. The highest BCUT2D eigenvalue weighted by atomic mass is 19.1. The number of halogens is 1. The van der Waals surface area contributed by atoms with Crippen LogP contribution in [0.5, 0.6) is 5.75 Å². The molecule has 0 aliphatic carbocycles. The topological polar surface area (TPSA) is 65.1 Å². The van der Waals surface area contributed by atoms with E-state index in [2.05, 4.69) is 0 Å². The first-order valence-corrected chi connectivity index (χ1v) is 9.94. The van der Waals surface area contributed by atoms with Crippen molar-refractivity contribution < 1.29 is 28.2 Å². The van der Waals surface area contributed by atoms with E-state index in [9.17, 15) is 14.0 Å². The van der Waals surface area contributed by atoms with E-state index in [1.54, 1.807) is 67.5 Å². The molecule has 31 heavy (non-hydrogen) atoms. The molecule has 6 nitrogen and oxygen atoms in total. The van der Waals surface area contributed by atoms with E-state index in [-0.39, 0.29) is 24.4 Å². The Kier molecular flexibility index (Phi) is 7.07. The standard InChI is InChI=1S/C24H24FNO5/c1-4-30-23(27)19-14-26(17-12-10-16(25)11-13-17)15-20(24(28)31-5-2)22(19)18-8-6-7-9-21(18)29-3/h6-15,22H,4-5H2,1-3H3. The van der Waals surface area contributed by atoms with Crippen molar-refractivity contribution in [3.8, 4) is 5.75 Å². The minimum absolute atomic E-state index is 0.170. The van der Waals surface area contributed by atoms with Crippen molar-refractivity contribution in [3.63, 3.8) is 0 Å². The maximum Gasteiger partial charge on any atom is 0.336 e. The highest BCUT2D eigenvalue weighted by Crippen LogP contribution is 2.41. The monoisotopic (exact) mass is 425 g/mol. The first kappa shape index (κ1) is 22.1. The zero-order valence-electron chi connectivity index (χ0n) is 17.6. The molecular formula is C24H24FNO5. The Labute approximate surface area is 180 Å². The SMILES string of the molecule is CCOC(=O)C1=CN(c2ccc(F)cc2)C=C(C(=O)OCC)C1c1ccccc1OC. The van der Waals surface area contributed by atoms with E-state index in [1.165, 1.54) is 19.2 Å². The lowest BCUT2D eigenvalue weighted by atomic mass is 9.82. The average Bonchev–Trinajstić information content (AvgIpc) is 2.79. The molecule has 0 aromatic heterocycles. The molecule has 0 spiro atoms.